The summed E-state index contributed by atoms with van der Waals surface area (Å²) >= 11 is 1.77. The van der Waals surface area contributed by atoms with Crippen LogP contribution in [-0.4, -0.2) is 39.9 Å². The normalized spacial score (nSPS) is 14.4. The van der Waals surface area contributed by atoms with Crippen LogP contribution in [0.2, 0.25) is 0 Å². The third-order valence-corrected chi connectivity index (χ3v) is 6.93. The van der Waals surface area contributed by atoms with Crippen LogP contribution in [0.25, 0.3) is 21.7 Å². The van der Waals surface area contributed by atoms with Crippen molar-refractivity contribution < 1.29 is 9.47 Å². The van der Waals surface area contributed by atoms with Gasteiger partial charge in [0, 0.05) is 19.3 Å². The van der Waals surface area contributed by atoms with E-state index in [1.54, 1.807) is 11.3 Å². The second-order valence-corrected chi connectivity index (χ2v) is 9.20. The lowest BCUT2D eigenvalue weighted by atomic mass is 10.1. The van der Waals surface area contributed by atoms with Gasteiger partial charge >= 0.3 is 0 Å². The average molecular weight is 487 g/mol. The average Bonchev–Trinajstić information content (AvgIpc) is 3.51. The molecule has 176 valence electrons. The maximum atomic E-state index is 6.15. The van der Waals surface area contributed by atoms with Crippen LogP contribution in [0.4, 0.5) is 0 Å². The van der Waals surface area contributed by atoms with E-state index in [9.17, 15) is 0 Å². The molecule has 0 bridgehead atoms. The van der Waals surface area contributed by atoms with Crippen LogP contribution in [0.5, 0.6) is 11.5 Å². The van der Waals surface area contributed by atoms with Gasteiger partial charge in [-0.2, -0.15) is 0 Å². The van der Waals surface area contributed by atoms with E-state index in [0.29, 0.717) is 6.61 Å². The highest BCUT2D eigenvalue weighted by molar-refractivity contribution is 7.17. The van der Waals surface area contributed by atoms with Gasteiger partial charge in [0.25, 0.3) is 0 Å². The largest absolute Gasteiger partial charge is 0.492 e. The Morgan fingerprint density at radius 2 is 1.97 bits per heavy atom. The predicted octanol–water partition coefficient (Wildman–Crippen LogP) is 5.30. The second kappa shape index (κ2) is 10.6. The van der Waals surface area contributed by atoms with Crippen LogP contribution in [-0.2, 0) is 20.0 Å². The summed E-state index contributed by atoms with van der Waals surface area (Å²) in [6.45, 7) is 5.49. The van der Waals surface area contributed by atoms with Crippen LogP contribution in [0, 0.1) is 0 Å². The summed E-state index contributed by atoms with van der Waals surface area (Å²) < 4.78 is 18.0. The number of hydrogen-bond donors (Lipinski definition) is 1. The number of halogens is 1. The maximum Gasteiger partial charge on any atom is 0.157 e. The Bertz CT molecular complexity index is 1190. The van der Waals surface area contributed by atoms with Gasteiger partial charge in [0.1, 0.15) is 24.2 Å². The van der Waals surface area contributed by atoms with Gasteiger partial charge in [-0.3, -0.25) is 0 Å². The molecule has 1 aliphatic rings. The van der Waals surface area contributed by atoms with Gasteiger partial charge in [0.05, 0.1) is 28.1 Å². The Balaban J connectivity index is 0.00000259. The van der Waals surface area contributed by atoms with Crippen LogP contribution >= 0.6 is 23.7 Å². The number of hydrogen-bond acceptors (Lipinski definition) is 5. The highest BCUT2D eigenvalue weighted by Gasteiger charge is 2.16. The van der Waals surface area contributed by atoms with Crippen molar-refractivity contribution in [2.45, 2.75) is 38.8 Å². The lowest BCUT2D eigenvalue weighted by molar-refractivity contribution is 0.161. The monoisotopic (exact) mass is 486 g/mol. The first-order valence-corrected chi connectivity index (χ1v) is 12.3. The SMILES string of the molecule is CCc1cn(CCOc2cccc(OC3CCNCC3)c2)c(-c2cc3sccc3n2C)n1.Cl. The van der Waals surface area contributed by atoms with E-state index >= 15 is 0 Å². The minimum Gasteiger partial charge on any atom is -0.492 e. The smallest absolute Gasteiger partial charge is 0.157 e. The van der Waals surface area contributed by atoms with Crippen molar-refractivity contribution in [3.63, 3.8) is 0 Å². The van der Waals surface area contributed by atoms with E-state index in [-0.39, 0.29) is 18.5 Å². The van der Waals surface area contributed by atoms with Crippen molar-refractivity contribution in [2.24, 2.45) is 7.05 Å². The first-order valence-electron chi connectivity index (χ1n) is 11.4. The van der Waals surface area contributed by atoms with Gasteiger partial charge in [-0.1, -0.05) is 13.0 Å². The Hall–Kier alpha value is -2.48. The fourth-order valence-electron chi connectivity index (χ4n) is 4.28. The molecule has 4 aromatic rings. The number of thiophene rings is 1. The first kappa shape index (κ1) is 23.7. The predicted molar refractivity (Wildman–Crippen MR) is 137 cm³/mol. The third-order valence-electron chi connectivity index (χ3n) is 6.08. The number of nitrogens with zero attached hydrogens (tertiary/aromatic N) is 3. The van der Waals surface area contributed by atoms with Crippen molar-refractivity contribution in [3.05, 3.63) is 53.7 Å². The molecule has 0 aliphatic carbocycles. The molecule has 33 heavy (non-hydrogen) atoms. The molecule has 1 saturated heterocycles. The number of imidazole rings is 1. The Morgan fingerprint density at radius 1 is 1.15 bits per heavy atom. The summed E-state index contributed by atoms with van der Waals surface area (Å²) in [4.78, 5) is 4.91. The summed E-state index contributed by atoms with van der Waals surface area (Å²) in [5.41, 5.74) is 3.49. The van der Waals surface area contributed by atoms with E-state index in [0.717, 1.165) is 67.6 Å². The molecule has 1 aromatic carbocycles. The molecule has 4 heterocycles. The molecule has 1 N–H and O–H groups in total. The second-order valence-electron chi connectivity index (χ2n) is 8.25. The number of aromatic nitrogens is 3. The quantitative estimate of drug-likeness (QED) is 0.367. The van der Waals surface area contributed by atoms with Crippen LogP contribution in [0.1, 0.15) is 25.5 Å². The Morgan fingerprint density at radius 3 is 2.76 bits per heavy atom. The molecule has 1 aliphatic heterocycles. The van der Waals surface area contributed by atoms with Crippen molar-refractivity contribution in [1.29, 1.82) is 0 Å². The van der Waals surface area contributed by atoms with Gasteiger partial charge in [-0.25, -0.2) is 4.98 Å². The lowest BCUT2D eigenvalue weighted by Gasteiger charge is -2.24. The fraction of sp³-hybridized carbons (Fsp3) is 0.400. The summed E-state index contributed by atoms with van der Waals surface area (Å²) in [6.07, 6.45) is 5.44. The maximum absolute atomic E-state index is 6.15. The Labute approximate surface area is 204 Å². The topological polar surface area (TPSA) is 53.2 Å². The molecule has 0 saturated carbocycles. The van der Waals surface area contributed by atoms with E-state index in [2.05, 4.69) is 52.1 Å². The molecule has 3 aromatic heterocycles. The number of benzene rings is 1. The van der Waals surface area contributed by atoms with Gasteiger partial charge < -0.3 is 23.9 Å². The number of rotatable bonds is 8. The number of piperidine rings is 1. The molecule has 0 radical (unpaired) electrons. The molecule has 0 unspecified atom stereocenters. The standard InChI is InChI=1S/C25H30N4O2S.ClH/c1-3-18-17-29(25(27-18)23-16-24-22(28(23)2)9-14-32-24)12-13-30-20-5-4-6-21(15-20)31-19-7-10-26-11-8-19;/h4-6,9,14-17,19,26H,3,7-8,10-13H2,1-2H3;1H. The zero-order valence-electron chi connectivity index (χ0n) is 19.1. The van der Waals surface area contributed by atoms with Gasteiger partial charge in [-0.05, 0) is 62.0 Å². The van der Waals surface area contributed by atoms with E-state index in [1.165, 1.54) is 10.2 Å². The van der Waals surface area contributed by atoms with Crippen molar-refractivity contribution in [3.8, 4) is 23.0 Å². The molecular weight excluding hydrogens is 456 g/mol. The summed E-state index contributed by atoms with van der Waals surface area (Å²) in [5, 5.41) is 5.51. The van der Waals surface area contributed by atoms with Crippen LogP contribution in [0.15, 0.2) is 48.0 Å². The minimum absolute atomic E-state index is 0. The van der Waals surface area contributed by atoms with E-state index in [4.69, 9.17) is 14.5 Å². The molecule has 0 amide bonds. The number of fused-ring (bicyclic) bond motifs is 1. The molecule has 0 atom stereocenters. The number of nitrogens with one attached hydrogen (secondary N) is 1. The van der Waals surface area contributed by atoms with Gasteiger partial charge in [0.2, 0.25) is 0 Å². The zero-order valence-corrected chi connectivity index (χ0v) is 20.8. The molecular formula is C25H31ClN4O2S. The zero-order chi connectivity index (χ0) is 21.9. The summed E-state index contributed by atoms with van der Waals surface area (Å²) in [5.74, 6) is 2.72. The molecule has 1 fully saturated rings. The van der Waals surface area contributed by atoms with Crippen LogP contribution < -0.4 is 14.8 Å². The van der Waals surface area contributed by atoms with Crippen molar-refractivity contribution in [2.75, 3.05) is 19.7 Å². The minimum atomic E-state index is 0. The highest BCUT2D eigenvalue weighted by Crippen LogP contribution is 2.30. The molecule has 8 heteroatoms. The first-order chi connectivity index (χ1) is 15.7. The fourth-order valence-corrected chi connectivity index (χ4v) is 5.13. The van der Waals surface area contributed by atoms with Crippen molar-refractivity contribution >= 4 is 34.0 Å². The van der Waals surface area contributed by atoms with Crippen LogP contribution in [0.3, 0.4) is 0 Å². The number of ether oxygens (including phenoxy) is 2. The van der Waals surface area contributed by atoms with Gasteiger partial charge in [-0.15, -0.1) is 23.7 Å². The van der Waals surface area contributed by atoms with E-state index < -0.39 is 0 Å². The molecule has 6 nitrogen and oxygen atoms in total. The van der Waals surface area contributed by atoms with Crippen molar-refractivity contribution in [1.82, 2.24) is 19.4 Å². The highest BCUT2D eigenvalue weighted by atomic mass is 35.5. The Kier molecular flexibility index (Phi) is 7.63. The number of aryl methyl sites for hydroxylation is 2. The van der Waals surface area contributed by atoms with Gasteiger partial charge in [0.15, 0.2) is 5.82 Å². The summed E-state index contributed by atoms with van der Waals surface area (Å²) in [6, 6.07) is 12.4. The molecule has 5 rings (SSSR count). The third kappa shape index (κ3) is 5.21. The molecule has 0 spiro atoms. The lowest BCUT2D eigenvalue weighted by Crippen LogP contribution is -2.34. The summed E-state index contributed by atoms with van der Waals surface area (Å²) in [7, 11) is 2.11. The van der Waals surface area contributed by atoms with E-state index in [1.807, 2.05) is 24.3 Å².